The van der Waals surface area contributed by atoms with E-state index in [1.807, 2.05) is 0 Å². The fourth-order valence-corrected chi connectivity index (χ4v) is 7.85. The molecule has 33 heavy (non-hydrogen) atoms. The number of hydrogen-bond donors (Lipinski definition) is 2. The molecule has 6 nitrogen and oxygen atoms in total. The Labute approximate surface area is 198 Å². The topological polar surface area (TPSA) is 92.7 Å². The highest BCUT2D eigenvalue weighted by Crippen LogP contribution is 2.54. The first-order valence-electron chi connectivity index (χ1n) is 10.9. The minimum atomic E-state index is -3.83. The summed E-state index contributed by atoms with van der Waals surface area (Å²) in [6.45, 7) is 3.85. The number of sulfone groups is 1. The first kappa shape index (κ1) is 24.0. The zero-order valence-corrected chi connectivity index (χ0v) is 20.2. The van der Waals surface area contributed by atoms with Crippen LogP contribution in [0.15, 0.2) is 41.3 Å². The lowest BCUT2D eigenvalue weighted by Crippen LogP contribution is -2.46. The Bertz CT molecular complexity index is 1200. The largest absolute Gasteiger partial charge is 0.494 e. The molecule has 0 radical (unpaired) electrons. The molecule has 2 aromatic rings. The number of ether oxygens (including phenoxy) is 1. The molecule has 2 N–H and O–H groups in total. The van der Waals surface area contributed by atoms with Gasteiger partial charge >= 0.3 is 0 Å². The van der Waals surface area contributed by atoms with E-state index in [4.69, 9.17) is 16.3 Å². The number of nitrogens with one attached hydrogen (secondary N) is 1. The van der Waals surface area contributed by atoms with Crippen LogP contribution < -0.4 is 10.1 Å². The number of carbonyl (C=O) groups excluding carboxylic acids is 1. The average Bonchev–Trinajstić information content (AvgIpc) is 2.88. The molecule has 0 aliphatic heterocycles. The standard InChI is InChI=1S/C24H27ClFNO5S/c1-13-8-15-10-17(12-18(13)24(15,2)29)33(30,31)22-9-14(4-6-19(22)25)23(28)27-16-5-7-20(26)21(11-16)32-3/h4-7,9,11,13,15,17-18,29H,8,10,12H2,1-3H3,(H,27,28)/t13-,15?,17?,18?,24+/m0/s1. The summed E-state index contributed by atoms with van der Waals surface area (Å²) in [5, 5.41) is 12.9. The molecule has 0 heterocycles. The number of anilines is 1. The molecule has 178 valence electrons. The van der Waals surface area contributed by atoms with E-state index >= 15 is 0 Å². The lowest BCUT2D eigenvalue weighted by Gasteiger charge is -2.40. The molecule has 0 saturated heterocycles. The van der Waals surface area contributed by atoms with E-state index in [1.54, 1.807) is 6.92 Å². The summed E-state index contributed by atoms with van der Waals surface area (Å²) in [6.07, 6.45) is 1.51. The number of hydrogen-bond acceptors (Lipinski definition) is 5. The van der Waals surface area contributed by atoms with Gasteiger partial charge in [-0.25, -0.2) is 12.8 Å². The summed E-state index contributed by atoms with van der Waals surface area (Å²) in [5.74, 6) is -1.10. The summed E-state index contributed by atoms with van der Waals surface area (Å²) in [5.41, 5.74) is -0.453. The van der Waals surface area contributed by atoms with Gasteiger partial charge in [-0.05, 0) is 74.3 Å². The Morgan fingerprint density at radius 2 is 1.94 bits per heavy atom. The second-order valence-electron chi connectivity index (χ2n) is 9.33. The van der Waals surface area contributed by atoms with E-state index in [9.17, 15) is 22.7 Å². The van der Waals surface area contributed by atoms with E-state index in [1.165, 1.54) is 43.5 Å². The molecule has 3 unspecified atom stereocenters. The van der Waals surface area contributed by atoms with Gasteiger partial charge in [-0.1, -0.05) is 18.5 Å². The number of carbonyl (C=O) groups is 1. The molecule has 2 aliphatic rings. The highest BCUT2D eigenvalue weighted by molar-refractivity contribution is 7.92. The van der Waals surface area contributed by atoms with Crippen LogP contribution in [0.1, 0.15) is 43.5 Å². The lowest BCUT2D eigenvalue weighted by molar-refractivity contribution is -0.0466. The van der Waals surface area contributed by atoms with E-state index in [-0.39, 0.29) is 39.0 Å². The third-order valence-corrected chi connectivity index (χ3v) is 9.99. The first-order chi connectivity index (χ1) is 15.4. The fourth-order valence-electron chi connectivity index (χ4n) is 5.47. The second-order valence-corrected chi connectivity index (χ2v) is 11.9. The molecule has 2 fully saturated rings. The van der Waals surface area contributed by atoms with Crippen LogP contribution in [0.2, 0.25) is 5.02 Å². The molecule has 2 aromatic carbocycles. The van der Waals surface area contributed by atoms with Crippen LogP contribution in [-0.4, -0.2) is 37.4 Å². The van der Waals surface area contributed by atoms with Gasteiger partial charge in [0, 0.05) is 17.3 Å². The third kappa shape index (κ3) is 4.24. The summed E-state index contributed by atoms with van der Waals surface area (Å²) in [7, 11) is -2.51. The predicted octanol–water partition coefficient (Wildman–Crippen LogP) is 4.70. The number of rotatable bonds is 5. The number of aliphatic hydroxyl groups is 1. The Morgan fingerprint density at radius 3 is 2.61 bits per heavy atom. The minimum Gasteiger partial charge on any atom is -0.494 e. The second kappa shape index (κ2) is 8.56. The highest BCUT2D eigenvalue weighted by atomic mass is 35.5. The van der Waals surface area contributed by atoms with Crippen molar-refractivity contribution in [2.45, 2.75) is 48.9 Å². The van der Waals surface area contributed by atoms with Crippen molar-refractivity contribution < 1.29 is 27.4 Å². The van der Waals surface area contributed by atoms with Gasteiger partial charge in [0.25, 0.3) is 5.91 Å². The molecule has 9 heteroatoms. The highest BCUT2D eigenvalue weighted by Gasteiger charge is 2.56. The average molecular weight is 496 g/mol. The zero-order valence-electron chi connectivity index (χ0n) is 18.6. The zero-order chi connectivity index (χ0) is 24.1. The number of methoxy groups -OCH3 is 1. The van der Waals surface area contributed by atoms with Crippen LogP contribution in [0.5, 0.6) is 5.75 Å². The van der Waals surface area contributed by atoms with Gasteiger partial charge in [0.15, 0.2) is 21.4 Å². The van der Waals surface area contributed by atoms with E-state index < -0.39 is 32.4 Å². The maximum atomic E-state index is 13.6. The van der Waals surface area contributed by atoms with Crippen molar-refractivity contribution in [2.24, 2.45) is 17.8 Å². The molecule has 0 aromatic heterocycles. The predicted molar refractivity (Wildman–Crippen MR) is 124 cm³/mol. The van der Waals surface area contributed by atoms with Crippen molar-refractivity contribution in [1.82, 2.24) is 0 Å². The molecule has 2 bridgehead atoms. The maximum absolute atomic E-state index is 13.6. The van der Waals surface area contributed by atoms with Gasteiger partial charge in [0.05, 0.1) is 27.9 Å². The molecular weight excluding hydrogens is 469 g/mol. The summed E-state index contributed by atoms with van der Waals surface area (Å²) >= 11 is 6.28. The molecule has 4 rings (SSSR count). The number of fused-ring (bicyclic) bond motifs is 2. The van der Waals surface area contributed by atoms with E-state index in [2.05, 4.69) is 12.2 Å². The number of amides is 1. The van der Waals surface area contributed by atoms with E-state index in [0.717, 1.165) is 6.42 Å². The molecule has 0 spiro atoms. The van der Waals surface area contributed by atoms with Crippen LogP contribution in [0.3, 0.4) is 0 Å². The number of benzene rings is 2. The first-order valence-corrected chi connectivity index (χ1v) is 12.8. The summed E-state index contributed by atoms with van der Waals surface area (Å²) in [4.78, 5) is 12.7. The Balaban J connectivity index is 1.60. The number of halogens is 2. The Hall–Kier alpha value is -2.16. The van der Waals surface area contributed by atoms with Crippen molar-refractivity contribution >= 4 is 33.0 Å². The molecular formula is C24H27ClFNO5S. The van der Waals surface area contributed by atoms with Gasteiger partial charge in [0.1, 0.15) is 0 Å². The summed E-state index contributed by atoms with van der Waals surface area (Å²) in [6, 6.07) is 8.00. The van der Waals surface area contributed by atoms with Crippen LogP contribution in [-0.2, 0) is 9.84 Å². The molecule has 2 aliphatic carbocycles. The van der Waals surface area contributed by atoms with Gasteiger partial charge < -0.3 is 15.2 Å². The van der Waals surface area contributed by atoms with E-state index in [0.29, 0.717) is 18.5 Å². The smallest absolute Gasteiger partial charge is 0.255 e. The molecule has 2 saturated carbocycles. The Kier molecular flexibility index (Phi) is 6.22. The molecule has 5 atom stereocenters. The van der Waals surface area contributed by atoms with Crippen molar-refractivity contribution in [3.8, 4) is 5.75 Å². The van der Waals surface area contributed by atoms with Crippen LogP contribution in [0, 0.1) is 23.6 Å². The van der Waals surface area contributed by atoms with Gasteiger partial charge in [-0.15, -0.1) is 0 Å². The minimum absolute atomic E-state index is 0.0239. The van der Waals surface area contributed by atoms with Crippen molar-refractivity contribution in [2.75, 3.05) is 12.4 Å². The van der Waals surface area contributed by atoms with Crippen LogP contribution in [0.25, 0.3) is 0 Å². The summed E-state index contributed by atoms with van der Waals surface area (Å²) < 4.78 is 45.6. The van der Waals surface area contributed by atoms with Gasteiger partial charge in [-0.2, -0.15) is 0 Å². The van der Waals surface area contributed by atoms with Crippen LogP contribution >= 0.6 is 11.6 Å². The van der Waals surface area contributed by atoms with Crippen LogP contribution in [0.4, 0.5) is 10.1 Å². The van der Waals surface area contributed by atoms with Crippen molar-refractivity contribution in [1.29, 1.82) is 0 Å². The monoisotopic (exact) mass is 495 g/mol. The fraction of sp³-hybridized carbons (Fsp3) is 0.458. The molecule has 1 amide bonds. The van der Waals surface area contributed by atoms with Crippen molar-refractivity contribution in [3.05, 3.63) is 52.8 Å². The third-order valence-electron chi connectivity index (χ3n) is 7.33. The van der Waals surface area contributed by atoms with Gasteiger partial charge in [-0.3, -0.25) is 4.79 Å². The Morgan fingerprint density at radius 1 is 1.21 bits per heavy atom. The van der Waals surface area contributed by atoms with Crippen molar-refractivity contribution in [3.63, 3.8) is 0 Å². The normalized spacial score (nSPS) is 29.0. The lowest BCUT2D eigenvalue weighted by atomic mass is 9.74. The maximum Gasteiger partial charge on any atom is 0.255 e. The SMILES string of the molecule is COc1cc(NC(=O)c2ccc(Cl)c(S(=O)(=O)C3CC4C[C@H](C)C(C3)[C@]4(C)O)c2)ccc1F. The van der Waals surface area contributed by atoms with Gasteiger partial charge in [0.2, 0.25) is 0 Å². The quantitative estimate of drug-likeness (QED) is 0.627.